The Balaban J connectivity index is 1.34. The molecular weight excluding hydrogens is 458 g/mol. The molecule has 1 aliphatic rings. The molecule has 4 aromatic rings. The van der Waals surface area contributed by atoms with Crippen molar-refractivity contribution in [2.45, 2.75) is 51.1 Å². The van der Waals surface area contributed by atoms with Crippen LogP contribution >= 0.6 is 0 Å². The second-order valence-corrected chi connectivity index (χ2v) is 9.98. The Labute approximate surface area is 219 Å². The molecule has 5 rings (SSSR count). The zero-order valence-electron chi connectivity index (χ0n) is 21.5. The Morgan fingerprint density at radius 3 is 2.30 bits per heavy atom. The zero-order valence-corrected chi connectivity index (χ0v) is 21.5. The summed E-state index contributed by atoms with van der Waals surface area (Å²) in [5.74, 6) is -0.143. The first kappa shape index (κ1) is 24.8. The smallest absolute Gasteiger partial charge is 0.242 e. The van der Waals surface area contributed by atoms with Gasteiger partial charge in [0.25, 0.3) is 0 Å². The lowest BCUT2D eigenvalue weighted by atomic mass is 9.95. The lowest BCUT2D eigenvalue weighted by Gasteiger charge is -2.30. The summed E-state index contributed by atoms with van der Waals surface area (Å²) < 4.78 is 0. The molecule has 0 spiro atoms. The van der Waals surface area contributed by atoms with Crippen LogP contribution in [0.25, 0.3) is 10.9 Å². The molecule has 37 heavy (non-hydrogen) atoms. The lowest BCUT2D eigenvalue weighted by molar-refractivity contribution is -0.142. The van der Waals surface area contributed by atoms with E-state index in [0.717, 1.165) is 35.9 Å². The lowest BCUT2D eigenvalue weighted by Crippen LogP contribution is -2.45. The Kier molecular flexibility index (Phi) is 7.69. The van der Waals surface area contributed by atoms with E-state index in [4.69, 9.17) is 0 Å². The number of para-hydroxylation sites is 1. The zero-order chi connectivity index (χ0) is 25.6. The molecular formula is C32H35N3O2. The van der Waals surface area contributed by atoms with Gasteiger partial charge in [-0.3, -0.25) is 9.59 Å². The number of carbonyl (C=O) groups excluding carboxylic acids is 2. The molecule has 1 aliphatic carbocycles. The summed E-state index contributed by atoms with van der Waals surface area (Å²) in [6.07, 6.45) is 5.45. The summed E-state index contributed by atoms with van der Waals surface area (Å²) in [7, 11) is 0. The average Bonchev–Trinajstić information content (AvgIpc) is 3.70. The maximum atomic E-state index is 13.8. The van der Waals surface area contributed by atoms with Crippen molar-refractivity contribution >= 4 is 22.7 Å². The maximum absolute atomic E-state index is 13.8. The van der Waals surface area contributed by atoms with Gasteiger partial charge in [0.05, 0.1) is 5.92 Å². The SMILES string of the molecule is CCC(C(=O)N(CC(=O)N(CCc1c[nH]c2ccccc12)Cc1ccccc1)C1CC1)c1ccccc1. The fraction of sp³-hybridized carbons (Fsp3) is 0.312. The van der Waals surface area contributed by atoms with Gasteiger partial charge in [0, 0.05) is 36.2 Å². The number of aromatic nitrogens is 1. The fourth-order valence-corrected chi connectivity index (χ4v) is 5.15. The highest BCUT2D eigenvalue weighted by molar-refractivity contribution is 5.89. The second-order valence-electron chi connectivity index (χ2n) is 9.98. The van der Waals surface area contributed by atoms with Crippen LogP contribution in [0.2, 0.25) is 0 Å². The molecule has 0 aliphatic heterocycles. The molecule has 190 valence electrons. The average molecular weight is 494 g/mol. The van der Waals surface area contributed by atoms with Gasteiger partial charge in [-0.05, 0) is 48.4 Å². The van der Waals surface area contributed by atoms with E-state index in [0.29, 0.717) is 19.5 Å². The van der Waals surface area contributed by atoms with Crippen molar-refractivity contribution in [3.8, 4) is 0 Å². The molecule has 5 nitrogen and oxygen atoms in total. The number of nitrogens with zero attached hydrogens (tertiary/aromatic N) is 2. The summed E-state index contributed by atoms with van der Waals surface area (Å²) in [4.78, 5) is 34.6. The predicted octanol–water partition coefficient (Wildman–Crippen LogP) is 5.92. The summed E-state index contributed by atoms with van der Waals surface area (Å²) in [6.45, 7) is 3.31. The highest BCUT2D eigenvalue weighted by atomic mass is 16.2. The van der Waals surface area contributed by atoms with E-state index in [9.17, 15) is 9.59 Å². The molecule has 3 aromatic carbocycles. The Bertz CT molecular complexity index is 1330. The van der Waals surface area contributed by atoms with Crippen LogP contribution in [0.4, 0.5) is 0 Å². The minimum absolute atomic E-state index is 0.00635. The van der Waals surface area contributed by atoms with Gasteiger partial charge in [0.1, 0.15) is 6.54 Å². The molecule has 1 fully saturated rings. The first-order valence-corrected chi connectivity index (χ1v) is 13.4. The maximum Gasteiger partial charge on any atom is 0.242 e. The number of benzene rings is 3. The monoisotopic (exact) mass is 493 g/mol. The summed E-state index contributed by atoms with van der Waals surface area (Å²) in [6, 6.07) is 28.5. The number of nitrogens with one attached hydrogen (secondary N) is 1. The minimum atomic E-state index is -0.219. The third-order valence-electron chi connectivity index (χ3n) is 7.38. The molecule has 2 amide bonds. The van der Waals surface area contributed by atoms with Gasteiger partial charge >= 0.3 is 0 Å². The van der Waals surface area contributed by atoms with Gasteiger partial charge in [0.15, 0.2) is 0 Å². The standard InChI is InChI=1S/C32H35N3O2/c1-2-28(25-13-7-4-8-14-25)32(37)35(27-17-18-27)23-31(36)34(22-24-11-5-3-6-12-24)20-19-26-21-33-30-16-10-9-15-29(26)30/h3-16,21,27-28,33H,2,17-20,22-23H2,1H3. The second kappa shape index (κ2) is 11.5. The van der Waals surface area contributed by atoms with Crippen LogP contribution in [0.1, 0.15) is 48.8 Å². The third-order valence-corrected chi connectivity index (χ3v) is 7.38. The van der Waals surface area contributed by atoms with E-state index in [-0.39, 0.29) is 30.3 Å². The van der Waals surface area contributed by atoms with Crippen LogP contribution in [0.3, 0.4) is 0 Å². The van der Waals surface area contributed by atoms with E-state index in [1.54, 1.807) is 0 Å². The highest BCUT2D eigenvalue weighted by Crippen LogP contribution is 2.32. The number of amides is 2. The Morgan fingerprint density at radius 2 is 1.59 bits per heavy atom. The predicted molar refractivity (Wildman–Crippen MR) is 148 cm³/mol. The Morgan fingerprint density at radius 1 is 0.919 bits per heavy atom. The van der Waals surface area contributed by atoms with E-state index in [1.807, 2.05) is 83.6 Å². The largest absolute Gasteiger partial charge is 0.361 e. The topological polar surface area (TPSA) is 56.4 Å². The molecule has 1 N–H and O–H groups in total. The van der Waals surface area contributed by atoms with Crippen LogP contribution in [0.5, 0.6) is 0 Å². The van der Waals surface area contributed by atoms with Gasteiger partial charge in [-0.2, -0.15) is 0 Å². The van der Waals surface area contributed by atoms with E-state index < -0.39 is 0 Å². The number of hydrogen-bond donors (Lipinski definition) is 1. The van der Waals surface area contributed by atoms with Crippen LogP contribution in [0, 0.1) is 0 Å². The number of hydrogen-bond acceptors (Lipinski definition) is 2. The molecule has 5 heteroatoms. The molecule has 1 unspecified atom stereocenters. The first-order chi connectivity index (χ1) is 18.1. The fourth-order valence-electron chi connectivity index (χ4n) is 5.15. The van der Waals surface area contributed by atoms with E-state index >= 15 is 0 Å². The normalized spacial score (nSPS) is 13.9. The van der Waals surface area contributed by atoms with Crippen molar-refractivity contribution in [1.82, 2.24) is 14.8 Å². The van der Waals surface area contributed by atoms with Crippen molar-refractivity contribution in [2.75, 3.05) is 13.1 Å². The molecule has 1 heterocycles. The summed E-state index contributed by atoms with van der Waals surface area (Å²) in [5, 5.41) is 1.19. The molecule has 0 bridgehead atoms. The van der Waals surface area contributed by atoms with Gasteiger partial charge in [-0.25, -0.2) is 0 Å². The molecule has 1 atom stereocenters. The van der Waals surface area contributed by atoms with Crippen LogP contribution in [-0.4, -0.2) is 45.7 Å². The number of rotatable bonds is 11. The molecule has 1 aromatic heterocycles. The van der Waals surface area contributed by atoms with E-state index in [2.05, 4.69) is 29.2 Å². The molecule has 1 saturated carbocycles. The van der Waals surface area contributed by atoms with E-state index in [1.165, 1.54) is 10.9 Å². The highest BCUT2D eigenvalue weighted by Gasteiger charge is 2.37. The van der Waals surface area contributed by atoms with Gasteiger partial charge in [0.2, 0.25) is 11.8 Å². The van der Waals surface area contributed by atoms with Crippen molar-refractivity contribution < 1.29 is 9.59 Å². The molecule has 0 radical (unpaired) electrons. The number of fused-ring (bicyclic) bond motifs is 1. The Hall–Kier alpha value is -3.86. The van der Waals surface area contributed by atoms with Crippen molar-refractivity contribution in [1.29, 1.82) is 0 Å². The quantitative estimate of drug-likeness (QED) is 0.282. The van der Waals surface area contributed by atoms with Gasteiger partial charge in [-0.1, -0.05) is 85.8 Å². The summed E-state index contributed by atoms with van der Waals surface area (Å²) in [5.41, 5.74) is 4.42. The van der Waals surface area contributed by atoms with Gasteiger partial charge in [-0.15, -0.1) is 0 Å². The van der Waals surface area contributed by atoms with Crippen molar-refractivity contribution in [3.63, 3.8) is 0 Å². The van der Waals surface area contributed by atoms with Crippen LogP contribution < -0.4 is 0 Å². The van der Waals surface area contributed by atoms with Gasteiger partial charge < -0.3 is 14.8 Å². The van der Waals surface area contributed by atoms with Crippen LogP contribution in [-0.2, 0) is 22.6 Å². The van der Waals surface area contributed by atoms with Crippen molar-refractivity contribution in [2.24, 2.45) is 0 Å². The third kappa shape index (κ3) is 5.93. The summed E-state index contributed by atoms with van der Waals surface area (Å²) >= 11 is 0. The number of aromatic amines is 1. The van der Waals surface area contributed by atoms with Crippen molar-refractivity contribution in [3.05, 3.63) is 108 Å². The first-order valence-electron chi connectivity index (χ1n) is 13.4. The van der Waals surface area contributed by atoms with Crippen LogP contribution in [0.15, 0.2) is 91.1 Å². The minimum Gasteiger partial charge on any atom is -0.361 e. The molecule has 0 saturated heterocycles. The number of carbonyl (C=O) groups is 2. The number of H-pyrrole nitrogens is 1.